The molecule has 6 heteroatoms. The largest absolute Gasteiger partial charge is 0.370 e. The molecule has 2 amide bonds. The van der Waals surface area contributed by atoms with Crippen LogP contribution in [0.2, 0.25) is 0 Å². The maximum Gasteiger partial charge on any atom is 0.254 e. The van der Waals surface area contributed by atoms with Crippen molar-refractivity contribution in [2.24, 2.45) is 5.73 Å². The lowest BCUT2D eigenvalue weighted by atomic mass is 10.2. The molecule has 1 aromatic rings. The van der Waals surface area contributed by atoms with Gasteiger partial charge in [-0.15, -0.1) is 0 Å². The van der Waals surface area contributed by atoms with E-state index in [4.69, 9.17) is 5.73 Å². The molecule has 0 saturated heterocycles. The summed E-state index contributed by atoms with van der Waals surface area (Å²) >= 11 is 2.98. The molecule has 1 aromatic carbocycles. The zero-order valence-electron chi connectivity index (χ0n) is 8.30. The number of rotatable bonds is 4. The first-order chi connectivity index (χ1) is 7.52. The zero-order valence-corrected chi connectivity index (χ0v) is 9.88. The first kappa shape index (κ1) is 12.6. The average Bonchev–Trinajstić information content (AvgIpc) is 2.21. The highest BCUT2D eigenvalue weighted by Crippen LogP contribution is 2.18. The predicted molar refractivity (Wildman–Crippen MR) is 60.2 cm³/mol. The maximum atomic E-state index is 13.4. The van der Waals surface area contributed by atoms with Gasteiger partial charge >= 0.3 is 0 Å². The molecular formula is C10H10BrFN2O2. The van der Waals surface area contributed by atoms with E-state index in [-0.39, 0.29) is 23.0 Å². The monoisotopic (exact) mass is 288 g/mol. The topological polar surface area (TPSA) is 72.2 Å². The van der Waals surface area contributed by atoms with Crippen molar-refractivity contribution in [2.75, 3.05) is 6.54 Å². The van der Waals surface area contributed by atoms with Gasteiger partial charge in [0.25, 0.3) is 5.91 Å². The van der Waals surface area contributed by atoms with Gasteiger partial charge in [0.15, 0.2) is 0 Å². The van der Waals surface area contributed by atoms with Gasteiger partial charge in [0.2, 0.25) is 5.91 Å². The molecule has 16 heavy (non-hydrogen) atoms. The van der Waals surface area contributed by atoms with Gasteiger partial charge in [-0.2, -0.15) is 0 Å². The molecule has 0 unspecified atom stereocenters. The van der Waals surface area contributed by atoms with Crippen LogP contribution < -0.4 is 11.1 Å². The minimum absolute atomic E-state index is 0.0291. The van der Waals surface area contributed by atoms with Crippen LogP contribution in [-0.4, -0.2) is 18.4 Å². The Morgan fingerprint density at radius 2 is 2.12 bits per heavy atom. The van der Waals surface area contributed by atoms with Gasteiger partial charge in [-0.05, 0) is 28.1 Å². The van der Waals surface area contributed by atoms with E-state index < -0.39 is 17.6 Å². The average molecular weight is 289 g/mol. The Balaban J connectivity index is 2.66. The molecule has 0 radical (unpaired) electrons. The summed E-state index contributed by atoms with van der Waals surface area (Å²) in [4.78, 5) is 21.9. The van der Waals surface area contributed by atoms with Crippen LogP contribution in [0.25, 0.3) is 0 Å². The minimum Gasteiger partial charge on any atom is -0.370 e. The van der Waals surface area contributed by atoms with Crippen molar-refractivity contribution in [3.63, 3.8) is 0 Å². The summed E-state index contributed by atoms with van der Waals surface area (Å²) < 4.78 is 13.7. The Kier molecular flexibility index (Phi) is 4.42. The summed E-state index contributed by atoms with van der Waals surface area (Å²) in [6.07, 6.45) is 0.0291. The minimum atomic E-state index is -0.626. The van der Waals surface area contributed by atoms with Gasteiger partial charge in [-0.1, -0.05) is 6.07 Å². The smallest absolute Gasteiger partial charge is 0.254 e. The first-order valence-electron chi connectivity index (χ1n) is 4.53. The highest BCUT2D eigenvalue weighted by atomic mass is 79.9. The van der Waals surface area contributed by atoms with Crippen LogP contribution in [0.1, 0.15) is 16.8 Å². The molecule has 3 N–H and O–H groups in total. The molecular weight excluding hydrogens is 279 g/mol. The zero-order chi connectivity index (χ0) is 12.1. The van der Waals surface area contributed by atoms with Crippen molar-refractivity contribution in [2.45, 2.75) is 6.42 Å². The lowest BCUT2D eigenvalue weighted by molar-refractivity contribution is -0.117. The van der Waals surface area contributed by atoms with Crippen LogP contribution in [0.3, 0.4) is 0 Å². The highest BCUT2D eigenvalue weighted by molar-refractivity contribution is 9.10. The molecule has 4 nitrogen and oxygen atoms in total. The summed E-state index contributed by atoms with van der Waals surface area (Å²) in [5, 5.41) is 2.40. The number of halogens is 2. The third-order valence-corrected chi connectivity index (χ3v) is 2.47. The second-order valence-electron chi connectivity index (χ2n) is 3.07. The van der Waals surface area contributed by atoms with Gasteiger partial charge in [0.05, 0.1) is 10.0 Å². The SMILES string of the molecule is NC(=O)CCNC(=O)c1cccc(Br)c1F. The Morgan fingerprint density at radius 1 is 1.44 bits per heavy atom. The molecule has 1 rings (SSSR count). The Labute approximate surface area is 100 Å². The Bertz CT molecular complexity index is 423. The number of hydrogen-bond acceptors (Lipinski definition) is 2. The highest BCUT2D eigenvalue weighted by Gasteiger charge is 2.13. The second kappa shape index (κ2) is 5.60. The van der Waals surface area contributed by atoms with Gasteiger partial charge in [0, 0.05) is 13.0 Å². The van der Waals surface area contributed by atoms with E-state index in [0.717, 1.165) is 0 Å². The van der Waals surface area contributed by atoms with Crippen LogP contribution in [0, 0.1) is 5.82 Å². The van der Waals surface area contributed by atoms with Gasteiger partial charge < -0.3 is 11.1 Å². The molecule has 0 aliphatic rings. The normalized spacial score (nSPS) is 9.88. The van der Waals surface area contributed by atoms with Crippen molar-refractivity contribution in [3.05, 3.63) is 34.1 Å². The summed E-state index contributed by atoms with van der Waals surface area (Å²) in [6, 6.07) is 4.41. The Hall–Kier alpha value is -1.43. The van der Waals surface area contributed by atoms with E-state index in [1.165, 1.54) is 12.1 Å². The third-order valence-electron chi connectivity index (χ3n) is 1.85. The van der Waals surface area contributed by atoms with Crippen LogP contribution >= 0.6 is 15.9 Å². The third kappa shape index (κ3) is 3.30. The molecule has 0 aromatic heterocycles. The van der Waals surface area contributed by atoms with Gasteiger partial charge in [-0.3, -0.25) is 9.59 Å². The quantitative estimate of drug-likeness (QED) is 0.874. The lowest BCUT2D eigenvalue weighted by Gasteiger charge is -2.05. The molecule has 0 spiro atoms. The number of nitrogens with two attached hydrogens (primary N) is 1. The van der Waals surface area contributed by atoms with Crippen molar-refractivity contribution in [1.82, 2.24) is 5.32 Å². The van der Waals surface area contributed by atoms with Gasteiger partial charge in [0.1, 0.15) is 5.82 Å². The van der Waals surface area contributed by atoms with E-state index in [1.807, 2.05) is 0 Å². The van der Waals surface area contributed by atoms with E-state index in [2.05, 4.69) is 21.2 Å². The second-order valence-corrected chi connectivity index (χ2v) is 3.93. The first-order valence-corrected chi connectivity index (χ1v) is 5.32. The summed E-state index contributed by atoms with van der Waals surface area (Å²) in [6.45, 7) is 0.0973. The summed E-state index contributed by atoms with van der Waals surface area (Å²) in [5.74, 6) is -1.71. The lowest BCUT2D eigenvalue weighted by Crippen LogP contribution is -2.28. The molecule has 0 saturated carbocycles. The summed E-state index contributed by atoms with van der Waals surface area (Å²) in [5.41, 5.74) is 4.83. The van der Waals surface area contributed by atoms with Crippen LogP contribution in [0.15, 0.2) is 22.7 Å². The van der Waals surface area contributed by atoms with Crippen LogP contribution in [0.4, 0.5) is 4.39 Å². The molecule has 86 valence electrons. The Morgan fingerprint density at radius 3 is 2.75 bits per heavy atom. The number of carbonyl (C=O) groups excluding carboxylic acids is 2. The fourth-order valence-corrected chi connectivity index (χ4v) is 1.44. The fraction of sp³-hybridized carbons (Fsp3) is 0.200. The van der Waals surface area contributed by atoms with E-state index in [0.29, 0.717) is 0 Å². The molecule has 0 aliphatic carbocycles. The number of hydrogen-bond donors (Lipinski definition) is 2. The molecule has 0 fully saturated rings. The van der Waals surface area contributed by atoms with E-state index in [9.17, 15) is 14.0 Å². The van der Waals surface area contributed by atoms with E-state index in [1.54, 1.807) is 6.07 Å². The fourth-order valence-electron chi connectivity index (χ4n) is 1.07. The molecule has 0 atom stereocenters. The van der Waals surface area contributed by atoms with Gasteiger partial charge in [-0.25, -0.2) is 4.39 Å². The van der Waals surface area contributed by atoms with Crippen molar-refractivity contribution >= 4 is 27.7 Å². The molecule has 0 aliphatic heterocycles. The number of nitrogens with one attached hydrogen (secondary N) is 1. The number of benzene rings is 1. The van der Waals surface area contributed by atoms with Crippen LogP contribution in [-0.2, 0) is 4.79 Å². The predicted octanol–water partition coefficient (Wildman–Crippen LogP) is 1.19. The molecule has 0 bridgehead atoms. The van der Waals surface area contributed by atoms with Crippen LogP contribution in [0.5, 0.6) is 0 Å². The summed E-state index contributed by atoms with van der Waals surface area (Å²) in [7, 11) is 0. The van der Waals surface area contributed by atoms with Crippen molar-refractivity contribution in [3.8, 4) is 0 Å². The van der Waals surface area contributed by atoms with Crippen molar-refractivity contribution in [1.29, 1.82) is 0 Å². The van der Waals surface area contributed by atoms with E-state index >= 15 is 0 Å². The van der Waals surface area contributed by atoms with Crippen molar-refractivity contribution < 1.29 is 14.0 Å². The molecule has 0 heterocycles. The number of carbonyl (C=O) groups is 2. The standard InChI is InChI=1S/C10H10BrFN2O2/c11-7-3-1-2-6(9(7)12)10(16)14-5-4-8(13)15/h1-3H,4-5H2,(H2,13,15)(H,14,16). The number of amides is 2. The maximum absolute atomic E-state index is 13.4. The number of primary amides is 1.